The van der Waals surface area contributed by atoms with Crippen LogP contribution in [0, 0.1) is 0 Å². The van der Waals surface area contributed by atoms with Crippen LogP contribution in [0.1, 0.15) is 5.56 Å². The monoisotopic (exact) mass is 607 g/mol. The van der Waals surface area contributed by atoms with E-state index in [1.807, 2.05) is 30.3 Å². The van der Waals surface area contributed by atoms with Crippen molar-refractivity contribution in [1.29, 1.82) is 0 Å². The molecular weight excluding hydrogens is 582 g/mol. The Morgan fingerprint density at radius 3 is 2.13 bits per heavy atom. The molecule has 0 aromatic heterocycles. The fraction of sp³-hybridized carbons (Fsp3) is 0.308. The van der Waals surface area contributed by atoms with Gasteiger partial charge in [0.2, 0.25) is 0 Å². The molecule has 12 heteroatoms. The van der Waals surface area contributed by atoms with Crippen LogP contribution >= 0.6 is 0 Å². The Hall–Kier alpha value is -2.91. The van der Waals surface area contributed by atoms with E-state index in [9.17, 15) is 35.8 Å². The van der Waals surface area contributed by atoms with E-state index < -0.39 is 51.8 Å². The predicted molar refractivity (Wildman–Crippen MR) is 131 cm³/mol. The van der Waals surface area contributed by atoms with Crippen LogP contribution in [0.25, 0.3) is 0 Å². The summed E-state index contributed by atoms with van der Waals surface area (Å²) < 4.78 is 103. The van der Waals surface area contributed by atoms with Gasteiger partial charge >= 0.3 is 220 Å². The summed E-state index contributed by atoms with van der Waals surface area (Å²) in [5.74, 6) is 0.119. The summed E-state index contributed by atoms with van der Waals surface area (Å²) in [6, 6.07) is 19.1. The molecule has 0 spiro atoms. The van der Waals surface area contributed by atoms with Crippen molar-refractivity contribution in [3.63, 3.8) is 0 Å². The molecule has 0 aliphatic heterocycles. The van der Waals surface area contributed by atoms with Gasteiger partial charge in [0.15, 0.2) is 0 Å². The predicted octanol–water partition coefficient (Wildman–Crippen LogP) is 5.10. The summed E-state index contributed by atoms with van der Waals surface area (Å²) in [5.41, 5.74) is 2.64. The molecule has 0 saturated carbocycles. The van der Waals surface area contributed by atoms with E-state index in [0.717, 1.165) is 20.8 Å². The number of methoxy groups -OCH3 is 1. The van der Waals surface area contributed by atoms with Crippen molar-refractivity contribution in [3.8, 4) is 11.5 Å². The number of halogens is 7. The molecule has 0 aliphatic rings. The van der Waals surface area contributed by atoms with Gasteiger partial charge < -0.3 is 0 Å². The molecule has 0 aliphatic carbocycles. The van der Waals surface area contributed by atoms with Gasteiger partial charge in [-0.05, 0) is 0 Å². The fourth-order valence-electron chi connectivity index (χ4n) is 3.56. The van der Waals surface area contributed by atoms with E-state index in [0.29, 0.717) is 11.4 Å². The van der Waals surface area contributed by atoms with Crippen LogP contribution < -0.4 is 23.1 Å². The number of nitrogens with zero attached hydrogens (tertiary/aromatic N) is 1. The first-order valence-corrected chi connectivity index (χ1v) is 15.0. The third-order valence-electron chi connectivity index (χ3n) is 5.59. The van der Waals surface area contributed by atoms with Crippen LogP contribution in [-0.4, -0.2) is 58.2 Å². The number of aliphatic hydroxyl groups excluding tert-OH is 1. The number of benzene rings is 3. The molecule has 206 valence electrons. The van der Waals surface area contributed by atoms with Crippen LogP contribution in [-0.2, 0) is 6.54 Å². The molecule has 3 aromatic carbocycles. The number of ether oxygens (including phenoxy) is 2. The summed E-state index contributed by atoms with van der Waals surface area (Å²) in [7, 11) is 1.55. The summed E-state index contributed by atoms with van der Waals surface area (Å²) in [5, 5.41) is 9.79. The molecule has 0 saturated heterocycles. The van der Waals surface area contributed by atoms with E-state index in [-0.39, 0.29) is 12.1 Å². The fourth-order valence-corrected chi connectivity index (χ4v) is 6.77. The second-order valence-corrected chi connectivity index (χ2v) is 12.8. The second kappa shape index (κ2) is 12.3. The quantitative estimate of drug-likeness (QED) is 0.244. The van der Waals surface area contributed by atoms with Crippen molar-refractivity contribution in [3.05, 3.63) is 78.4 Å². The van der Waals surface area contributed by atoms with Crippen molar-refractivity contribution in [2.45, 2.75) is 37.1 Å². The van der Waals surface area contributed by atoms with Gasteiger partial charge in [0.1, 0.15) is 0 Å². The zero-order chi connectivity index (χ0) is 28.1. The molecule has 0 amide bonds. The minimum absolute atomic E-state index is 0.216. The van der Waals surface area contributed by atoms with Crippen molar-refractivity contribution in [2.24, 2.45) is 0 Å². The number of rotatable bonds is 11. The molecular formula is C26H25AsF7NO3. The van der Waals surface area contributed by atoms with Crippen LogP contribution in [0.15, 0.2) is 72.8 Å². The minimum atomic E-state index is -4.90. The Morgan fingerprint density at radius 2 is 1.53 bits per heavy atom. The summed E-state index contributed by atoms with van der Waals surface area (Å²) in [6.07, 6.45) is -16.4. The Bertz CT molecular complexity index is 1190. The van der Waals surface area contributed by atoms with Crippen molar-refractivity contribution in [2.75, 3.05) is 18.6 Å². The normalized spacial score (nSPS) is 13.8. The number of aliphatic hydroxyl groups is 1. The van der Waals surface area contributed by atoms with E-state index in [2.05, 4.69) is 10.4 Å². The number of alkyl halides is 7. The molecule has 2 atom stereocenters. The maximum atomic E-state index is 13.4. The first kappa shape index (κ1) is 29.6. The SMILES string of the molecule is COc1ccc([As](C)c2cccc(N(Cc3cccc(OC(F)(F)C(F)F)c3)CC(O)C(F)(F)F)c2)cc1. The van der Waals surface area contributed by atoms with Crippen LogP contribution in [0.3, 0.4) is 0 Å². The Balaban J connectivity index is 1.91. The molecule has 0 heterocycles. The molecule has 1 N–H and O–H groups in total. The average Bonchev–Trinajstić information content (AvgIpc) is 2.87. The number of hydrogen-bond donors (Lipinski definition) is 1. The summed E-state index contributed by atoms with van der Waals surface area (Å²) >= 11 is -1.84. The summed E-state index contributed by atoms with van der Waals surface area (Å²) in [4.78, 5) is 1.25. The molecule has 0 bridgehead atoms. The van der Waals surface area contributed by atoms with Crippen LogP contribution in [0.5, 0.6) is 11.5 Å². The Kier molecular flexibility index (Phi) is 9.59. The molecule has 38 heavy (non-hydrogen) atoms. The van der Waals surface area contributed by atoms with Crippen molar-refractivity contribution < 1.29 is 45.3 Å². The van der Waals surface area contributed by atoms with Crippen molar-refractivity contribution >= 4 is 29.0 Å². The zero-order valence-corrected chi connectivity index (χ0v) is 22.2. The van der Waals surface area contributed by atoms with Crippen LogP contribution in [0.2, 0.25) is 5.71 Å². The van der Waals surface area contributed by atoms with E-state index in [4.69, 9.17) is 4.74 Å². The number of anilines is 1. The van der Waals surface area contributed by atoms with Gasteiger partial charge in [-0.3, -0.25) is 0 Å². The van der Waals surface area contributed by atoms with Gasteiger partial charge in [-0.15, -0.1) is 0 Å². The molecule has 2 unspecified atom stereocenters. The van der Waals surface area contributed by atoms with E-state index >= 15 is 0 Å². The Morgan fingerprint density at radius 1 is 0.868 bits per heavy atom. The van der Waals surface area contributed by atoms with Crippen molar-refractivity contribution in [1.82, 2.24) is 0 Å². The van der Waals surface area contributed by atoms with Gasteiger partial charge in [0, 0.05) is 0 Å². The molecule has 0 radical (unpaired) electrons. The van der Waals surface area contributed by atoms with Gasteiger partial charge in [0.25, 0.3) is 0 Å². The van der Waals surface area contributed by atoms with Gasteiger partial charge in [-0.25, -0.2) is 0 Å². The molecule has 0 fully saturated rings. The third kappa shape index (κ3) is 7.80. The van der Waals surface area contributed by atoms with Crippen LogP contribution in [0.4, 0.5) is 36.4 Å². The average molecular weight is 607 g/mol. The maximum absolute atomic E-state index is 13.4. The standard InChI is InChI=1S/C26H25AsF7NO3/c1-27(18-9-11-21(37-2)12-10-18)19-6-4-7-20(14-19)35(16-23(36)25(30,31)32)15-17-5-3-8-22(13-17)38-26(33,34)24(28)29/h3-14,23-24,36H,15-16H2,1-2H3. The van der Waals surface area contributed by atoms with E-state index in [1.54, 1.807) is 25.3 Å². The molecule has 3 rings (SSSR count). The Labute approximate surface area is 219 Å². The van der Waals surface area contributed by atoms with Gasteiger partial charge in [0.05, 0.1) is 0 Å². The summed E-state index contributed by atoms with van der Waals surface area (Å²) in [6.45, 7) is -1.09. The first-order valence-electron chi connectivity index (χ1n) is 11.2. The third-order valence-corrected chi connectivity index (χ3v) is 10.1. The second-order valence-electron chi connectivity index (χ2n) is 8.33. The molecule has 4 nitrogen and oxygen atoms in total. The number of hydrogen-bond acceptors (Lipinski definition) is 4. The van der Waals surface area contributed by atoms with E-state index in [1.165, 1.54) is 17.0 Å². The zero-order valence-electron chi connectivity index (χ0n) is 20.3. The first-order chi connectivity index (χ1) is 17.8. The molecule has 3 aromatic rings. The topological polar surface area (TPSA) is 41.9 Å². The van der Waals surface area contributed by atoms with Gasteiger partial charge in [-0.2, -0.15) is 0 Å². The van der Waals surface area contributed by atoms with Gasteiger partial charge in [-0.1, -0.05) is 0 Å².